The van der Waals surface area contributed by atoms with E-state index in [1.54, 1.807) is 16.8 Å². The van der Waals surface area contributed by atoms with E-state index in [4.69, 9.17) is 0 Å². The van der Waals surface area contributed by atoms with Gasteiger partial charge in [-0.1, -0.05) is 11.8 Å². The molecule has 194 valence electrons. The van der Waals surface area contributed by atoms with Gasteiger partial charge in [-0.3, -0.25) is 14.4 Å². The van der Waals surface area contributed by atoms with Gasteiger partial charge in [0, 0.05) is 47.7 Å². The van der Waals surface area contributed by atoms with E-state index in [-0.39, 0.29) is 23.0 Å². The Hall–Kier alpha value is -3.75. The molecule has 2 fully saturated rings. The van der Waals surface area contributed by atoms with E-state index in [0.717, 1.165) is 56.4 Å². The fraction of sp³-hybridized carbons (Fsp3) is 0.370. The molecule has 4 aromatic rings. The van der Waals surface area contributed by atoms with Crippen molar-refractivity contribution in [3.63, 3.8) is 0 Å². The summed E-state index contributed by atoms with van der Waals surface area (Å²) in [6, 6.07) is 7.25. The van der Waals surface area contributed by atoms with E-state index >= 15 is 0 Å². The van der Waals surface area contributed by atoms with Gasteiger partial charge in [-0.25, -0.2) is 13.9 Å². The molecule has 2 aliphatic rings. The third-order valence-corrected chi connectivity index (χ3v) is 8.54. The Morgan fingerprint density at radius 2 is 1.97 bits per heavy atom. The molecule has 0 spiro atoms. The Bertz CT molecular complexity index is 1530. The predicted octanol–water partition coefficient (Wildman–Crippen LogP) is 4.01. The number of fused-ring (bicyclic) bond motifs is 1. The van der Waals surface area contributed by atoms with Crippen LogP contribution in [0.2, 0.25) is 0 Å². The zero-order valence-corrected chi connectivity index (χ0v) is 21.8. The largest absolute Gasteiger partial charge is 0.341 e. The number of nitrogens with zero attached hydrogens (tertiary/aromatic N) is 8. The molecule has 38 heavy (non-hydrogen) atoms. The summed E-state index contributed by atoms with van der Waals surface area (Å²) in [6.07, 6.45) is 12.5. The molecule has 2 saturated heterocycles. The Morgan fingerprint density at radius 3 is 2.71 bits per heavy atom. The highest BCUT2D eigenvalue weighted by molar-refractivity contribution is 7.99. The number of aromatic nitrogens is 5. The van der Waals surface area contributed by atoms with Crippen LogP contribution in [0.3, 0.4) is 0 Å². The maximum atomic E-state index is 14.4. The van der Waals surface area contributed by atoms with Crippen LogP contribution in [0.1, 0.15) is 37.3 Å². The van der Waals surface area contributed by atoms with Crippen molar-refractivity contribution in [2.75, 3.05) is 26.7 Å². The molecule has 0 unspecified atom stereocenters. The van der Waals surface area contributed by atoms with Crippen molar-refractivity contribution in [1.82, 2.24) is 34.2 Å². The molecule has 2 aliphatic heterocycles. The van der Waals surface area contributed by atoms with Crippen LogP contribution in [0.5, 0.6) is 0 Å². The molecule has 6 rings (SSSR count). The average molecular weight is 531 g/mol. The van der Waals surface area contributed by atoms with Crippen LogP contribution < -0.4 is 0 Å². The number of likely N-dealkylation sites (tertiary alicyclic amines) is 2. The quantitative estimate of drug-likeness (QED) is 0.385. The number of piperidine rings is 1. The average Bonchev–Trinajstić information content (AvgIpc) is 3.69. The second-order valence-corrected chi connectivity index (χ2v) is 10.9. The van der Waals surface area contributed by atoms with E-state index in [0.29, 0.717) is 16.0 Å². The summed E-state index contributed by atoms with van der Waals surface area (Å²) >= 11 is 1.17. The molecular formula is C27H27FN8OS. The summed E-state index contributed by atoms with van der Waals surface area (Å²) in [5.74, 6) is -0.167. The number of nitriles is 1. The standard InChI is InChI=1S/C27H27FN8OS/c1-33-9-3-5-23(33)27(37)34-10-6-21(7-11-34)35-17-20(15-31-35)18-12-24(38-26-22(28)4-2-8-30-26)25-19(13-29)14-32-36(25)16-18/h2,4,8,12,14-17,21,23H,3,5-7,9-11H2,1H3/t23-/m1/s1. The summed E-state index contributed by atoms with van der Waals surface area (Å²) < 4.78 is 18.0. The molecule has 6 heterocycles. The van der Waals surface area contributed by atoms with Crippen LogP contribution in [-0.2, 0) is 4.79 Å². The van der Waals surface area contributed by atoms with Crippen molar-refractivity contribution in [2.24, 2.45) is 0 Å². The van der Waals surface area contributed by atoms with E-state index in [9.17, 15) is 14.4 Å². The summed E-state index contributed by atoms with van der Waals surface area (Å²) in [5, 5.41) is 18.8. The molecule has 1 amide bonds. The van der Waals surface area contributed by atoms with Crippen molar-refractivity contribution in [2.45, 2.75) is 47.7 Å². The van der Waals surface area contributed by atoms with Gasteiger partial charge < -0.3 is 4.90 Å². The first-order chi connectivity index (χ1) is 18.5. The van der Waals surface area contributed by atoms with Crippen LogP contribution >= 0.6 is 11.8 Å². The number of pyridine rings is 2. The van der Waals surface area contributed by atoms with Gasteiger partial charge in [0.05, 0.1) is 35.6 Å². The van der Waals surface area contributed by atoms with Gasteiger partial charge in [0.25, 0.3) is 0 Å². The molecule has 9 nitrogen and oxygen atoms in total. The lowest BCUT2D eigenvalue weighted by Gasteiger charge is -2.34. The Labute approximate surface area is 223 Å². The van der Waals surface area contributed by atoms with Gasteiger partial charge in [-0.2, -0.15) is 15.5 Å². The topological polar surface area (TPSA) is 95.3 Å². The highest BCUT2D eigenvalue weighted by atomic mass is 32.2. The molecule has 0 aromatic carbocycles. The molecule has 0 N–H and O–H groups in total. The Kier molecular flexibility index (Phi) is 6.59. The van der Waals surface area contributed by atoms with Crippen LogP contribution in [0.25, 0.3) is 16.6 Å². The lowest BCUT2D eigenvalue weighted by atomic mass is 10.0. The smallest absolute Gasteiger partial charge is 0.239 e. The summed E-state index contributed by atoms with van der Waals surface area (Å²) in [5.41, 5.74) is 2.78. The second-order valence-electron chi connectivity index (χ2n) is 9.85. The zero-order valence-electron chi connectivity index (χ0n) is 21.0. The Balaban J connectivity index is 1.23. The maximum absolute atomic E-state index is 14.4. The van der Waals surface area contributed by atoms with Crippen molar-refractivity contribution in [3.8, 4) is 17.2 Å². The van der Waals surface area contributed by atoms with Gasteiger partial charge in [0.2, 0.25) is 5.91 Å². The molecule has 0 bridgehead atoms. The van der Waals surface area contributed by atoms with Gasteiger partial charge >= 0.3 is 0 Å². The first-order valence-corrected chi connectivity index (χ1v) is 13.6. The number of rotatable bonds is 5. The van der Waals surface area contributed by atoms with Crippen molar-refractivity contribution >= 4 is 23.2 Å². The van der Waals surface area contributed by atoms with E-state index < -0.39 is 5.82 Å². The molecule has 4 aromatic heterocycles. The SMILES string of the molecule is CN1CCC[C@@H]1C(=O)N1CCC(n2cc(-c3cc(Sc4ncccc4F)c4c(C#N)cnn4c3)cn2)CC1. The number of amides is 1. The van der Waals surface area contributed by atoms with Crippen molar-refractivity contribution in [3.05, 3.63) is 60.6 Å². The van der Waals surface area contributed by atoms with Crippen LogP contribution in [-0.4, -0.2) is 72.8 Å². The van der Waals surface area contributed by atoms with Gasteiger partial charge in [0.1, 0.15) is 11.1 Å². The fourth-order valence-electron chi connectivity index (χ4n) is 5.42. The number of carbonyl (C=O) groups is 1. The second kappa shape index (κ2) is 10.2. The van der Waals surface area contributed by atoms with Crippen molar-refractivity contribution in [1.29, 1.82) is 5.26 Å². The van der Waals surface area contributed by atoms with E-state index in [2.05, 4.69) is 26.2 Å². The zero-order chi connectivity index (χ0) is 26.2. The lowest BCUT2D eigenvalue weighted by molar-refractivity contribution is -0.136. The molecule has 1 atom stereocenters. The first kappa shape index (κ1) is 24.6. The number of hydrogen-bond donors (Lipinski definition) is 0. The van der Waals surface area contributed by atoms with E-state index in [1.165, 1.54) is 24.0 Å². The van der Waals surface area contributed by atoms with Gasteiger partial charge in [-0.05, 0) is 57.5 Å². The first-order valence-electron chi connectivity index (χ1n) is 12.7. The minimum atomic E-state index is -0.420. The summed E-state index contributed by atoms with van der Waals surface area (Å²) in [6.45, 7) is 2.45. The minimum Gasteiger partial charge on any atom is -0.341 e. The normalized spacial score (nSPS) is 18.8. The highest BCUT2D eigenvalue weighted by Crippen LogP contribution is 2.36. The molecule has 0 radical (unpaired) electrons. The predicted molar refractivity (Wildman–Crippen MR) is 140 cm³/mol. The number of halogens is 1. The third-order valence-electron chi connectivity index (χ3n) is 7.52. The maximum Gasteiger partial charge on any atom is 0.239 e. The molecule has 0 aliphatic carbocycles. The monoisotopic (exact) mass is 530 g/mol. The Morgan fingerprint density at radius 1 is 1.13 bits per heavy atom. The third kappa shape index (κ3) is 4.54. The molecule has 0 saturated carbocycles. The number of likely N-dealkylation sites (N-methyl/N-ethyl adjacent to an activating group) is 1. The highest BCUT2D eigenvalue weighted by Gasteiger charge is 2.33. The number of hydrogen-bond acceptors (Lipinski definition) is 7. The lowest BCUT2D eigenvalue weighted by Crippen LogP contribution is -2.47. The molecule has 11 heteroatoms. The fourth-order valence-corrected chi connectivity index (χ4v) is 6.40. The van der Waals surface area contributed by atoms with Crippen molar-refractivity contribution < 1.29 is 9.18 Å². The minimum absolute atomic E-state index is 0.0215. The summed E-state index contributed by atoms with van der Waals surface area (Å²) in [4.78, 5) is 22.0. The van der Waals surface area contributed by atoms with Gasteiger partial charge in [0.15, 0.2) is 5.82 Å². The van der Waals surface area contributed by atoms with E-state index in [1.807, 2.05) is 41.3 Å². The summed E-state index contributed by atoms with van der Waals surface area (Å²) in [7, 11) is 2.03. The number of carbonyl (C=O) groups excluding carboxylic acids is 1. The molecular weight excluding hydrogens is 503 g/mol. The van der Waals surface area contributed by atoms with Crippen LogP contribution in [0.15, 0.2) is 59.1 Å². The van der Waals surface area contributed by atoms with Crippen LogP contribution in [0.4, 0.5) is 4.39 Å². The van der Waals surface area contributed by atoms with Gasteiger partial charge in [-0.15, -0.1) is 0 Å². The van der Waals surface area contributed by atoms with Crippen LogP contribution in [0, 0.1) is 17.1 Å².